The lowest BCUT2D eigenvalue weighted by Gasteiger charge is -2.20. The summed E-state index contributed by atoms with van der Waals surface area (Å²) in [6, 6.07) is 8.88. The molecular formula is C14H20N4. The van der Waals surface area contributed by atoms with Crippen molar-refractivity contribution >= 4 is 0 Å². The maximum Gasteiger partial charge on any atom is 0.181 e. The standard InChI is InChI=1S/C14H20N4/c1-10(17(3)4)12-6-8-13(9-7-12)14-15-11(2)18(5)16-14/h6-10H,1-5H3/t10-/m0/s1. The highest BCUT2D eigenvalue weighted by molar-refractivity contribution is 5.55. The first-order chi connectivity index (χ1) is 8.49. The highest BCUT2D eigenvalue weighted by Gasteiger charge is 2.09. The normalized spacial score (nSPS) is 13.0. The van der Waals surface area contributed by atoms with Gasteiger partial charge in [0.25, 0.3) is 0 Å². The molecule has 0 unspecified atom stereocenters. The molecule has 96 valence electrons. The summed E-state index contributed by atoms with van der Waals surface area (Å²) in [5, 5.41) is 4.39. The molecule has 2 aromatic rings. The van der Waals surface area contributed by atoms with Crippen molar-refractivity contribution in [2.24, 2.45) is 7.05 Å². The summed E-state index contributed by atoms with van der Waals surface area (Å²) in [7, 11) is 6.08. The Morgan fingerprint density at radius 1 is 1.17 bits per heavy atom. The second kappa shape index (κ2) is 4.90. The first kappa shape index (κ1) is 12.8. The van der Waals surface area contributed by atoms with E-state index in [0.29, 0.717) is 6.04 Å². The second-order valence-electron chi connectivity index (χ2n) is 4.87. The molecule has 0 bridgehead atoms. The molecule has 0 spiro atoms. The summed E-state index contributed by atoms with van der Waals surface area (Å²) in [6.45, 7) is 4.15. The van der Waals surface area contributed by atoms with Crippen LogP contribution in [0.25, 0.3) is 11.4 Å². The summed E-state index contributed by atoms with van der Waals surface area (Å²) < 4.78 is 1.80. The molecule has 0 aliphatic rings. The van der Waals surface area contributed by atoms with Gasteiger partial charge in [-0.3, -0.25) is 4.68 Å². The minimum atomic E-state index is 0.414. The van der Waals surface area contributed by atoms with E-state index in [1.165, 1.54) is 5.56 Å². The van der Waals surface area contributed by atoms with Gasteiger partial charge in [-0.1, -0.05) is 24.3 Å². The molecular weight excluding hydrogens is 224 g/mol. The van der Waals surface area contributed by atoms with Crippen LogP contribution in [0.5, 0.6) is 0 Å². The smallest absolute Gasteiger partial charge is 0.181 e. The molecule has 0 N–H and O–H groups in total. The summed E-state index contributed by atoms with van der Waals surface area (Å²) in [5.74, 6) is 1.72. The third kappa shape index (κ3) is 2.43. The molecule has 0 fully saturated rings. The fourth-order valence-electron chi connectivity index (χ4n) is 1.79. The van der Waals surface area contributed by atoms with Crippen molar-refractivity contribution in [3.05, 3.63) is 35.7 Å². The summed E-state index contributed by atoms with van der Waals surface area (Å²) >= 11 is 0. The summed E-state index contributed by atoms with van der Waals surface area (Å²) in [4.78, 5) is 6.62. The van der Waals surface area contributed by atoms with Crippen LogP contribution in [0.3, 0.4) is 0 Å². The average Bonchev–Trinajstić information content (AvgIpc) is 2.69. The van der Waals surface area contributed by atoms with E-state index in [2.05, 4.69) is 60.3 Å². The largest absolute Gasteiger partial charge is 0.303 e. The van der Waals surface area contributed by atoms with Crippen molar-refractivity contribution in [1.82, 2.24) is 19.7 Å². The van der Waals surface area contributed by atoms with E-state index in [9.17, 15) is 0 Å². The van der Waals surface area contributed by atoms with E-state index < -0.39 is 0 Å². The van der Waals surface area contributed by atoms with Crippen LogP contribution in [0.15, 0.2) is 24.3 Å². The van der Waals surface area contributed by atoms with E-state index in [-0.39, 0.29) is 0 Å². The molecule has 0 saturated heterocycles. The van der Waals surface area contributed by atoms with Gasteiger partial charge >= 0.3 is 0 Å². The molecule has 4 nitrogen and oxygen atoms in total. The van der Waals surface area contributed by atoms with Crippen molar-refractivity contribution < 1.29 is 0 Å². The second-order valence-corrected chi connectivity index (χ2v) is 4.87. The van der Waals surface area contributed by atoms with Gasteiger partial charge in [0, 0.05) is 18.7 Å². The topological polar surface area (TPSA) is 34.0 Å². The molecule has 0 radical (unpaired) electrons. The number of hydrogen-bond acceptors (Lipinski definition) is 3. The van der Waals surface area contributed by atoms with Crippen LogP contribution in [0.4, 0.5) is 0 Å². The van der Waals surface area contributed by atoms with Gasteiger partial charge in [0.2, 0.25) is 0 Å². The van der Waals surface area contributed by atoms with Crippen LogP contribution in [-0.2, 0) is 7.05 Å². The Labute approximate surface area is 108 Å². The van der Waals surface area contributed by atoms with Crippen molar-refractivity contribution in [2.75, 3.05) is 14.1 Å². The number of benzene rings is 1. The molecule has 0 aliphatic heterocycles. The molecule has 1 aromatic carbocycles. The Bertz CT molecular complexity index is 506. The van der Waals surface area contributed by atoms with Crippen LogP contribution in [0.2, 0.25) is 0 Å². The number of nitrogens with zero attached hydrogens (tertiary/aromatic N) is 4. The minimum Gasteiger partial charge on any atom is -0.303 e. The Hall–Kier alpha value is -1.68. The Morgan fingerprint density at radius 2 is 1.78 bits per heavy atom. The van der Waals surface area contributed by atoms with Crippen LogP contribution < -0.4 is 0 Å². The molecule has 0 amide bonds. The molecule has 1 aromatic heterocycles. The lowest BCUT2D eigenvalue weighted by molar-refractivity contribution is 0.321. The molecule has 0 aliphatic carbocycles. The number of rotatable bonds is 3. The van der Waals surface area contributed by atoms with Gasteiger partial charge in [0.05, 0.1) is 0 Å². The van der Waals surface area contributed by atoms with Gasteiger partial charge in [-0.05, 0) is 33.5 Å². The van der Waals surface area contributed by atoms with Crippen LogP contribution in [-0.4, -0.2) is 33.8 Å². The number of hydrogen-bond donors (Lipinski definition) is 0. The van der Waals surface area contributed by atoms with Gasteiger partial charge in [-0.15, -0.1) is 0 Å². The summed E-state index contributed by atoms with van der Waals surface area (Å²) in [6.07, 6.45) is 0. The van der Waals surface area contributed by atoms with Gasteiger partial charge in [0.15, 0.2) is 5.82 Å². The number of aryl methyl sites for hydroxylation is 2. The predicted octanol–water partition coefficient (Wildman–Crippen LogP) is 2.41. The minimum absolute atomic E-state index is 0.414. The molecule has 2 rings (SSSR count). The first-order valence-electron chi connectivity index (χ1n) is 6.13. The van der Waals surface area contributed by atoms with Crippen molar-refractivity contribution in [3.8, 4) is 11.4 Å². The monoisotopic (exact) mass is 244 g/mol. The van der Waals surface area contributed by atoms with Crippen LogP contribution in [0, 0.1) is 6.92 Å². The molecule has 1 atom stereocenters. The highest BCUT2D eigenvalue weighted by atomic mass is 15.3. The van der Waals surface area contributed by atoms with E-state index in [0.717, 1.165) is 17.2 Å². The Balaban J connectivity index is 2.27. The fourth-order valence-corrected chi connectivity index (χ4v) is 1.79. The number of aromatic nitrogens is 3. The molecule has 0 saturated carbocycles. The lowest BCUT2D eigenvalue weighted by Crippen LogP contribution is -2.16. The van der Waals surface area contributed by atoms with Crippen molar-refractivity contribution in [1.29, 1.82) is 0 Å². The van der Waals surface area contributed by atoms with Gasteiger partial charge < -0.3 is 4.90 Å². The van der Waals surface area contributed by atoms with Gasteiger partial charge in [0.1, 0.15) is 5.82 Å². The summed E-state index contributed by atoms with van der Waals surface area (Å²) in [5.41, 5.74) is 2.37. The maximum absolute atomic E-state index is 4.43. The zero-order valence-electron chi connectivity index (χ0n) is 11.7. The zero-order chi connectivity index (χ0) is 13.3. The maximum atomic E-state index is 4.43. The van der Waals surface area contributed by atoms with Gasteiger partial charge in [-0.25, -0.2) is 4.98 Å². The third-order valence-corrected chi connectivity index (χ3v) is 3.41. The van der Waals surface area contributed by atoms with E-state index >= 15 is 0 Å². The van der Waals surface area contributed by atoms with E-state index in [4.69, 9.17) is 0 Å². The SMILES string of the molecule is Cc1nc(-c2ccc([C@H](C)N(C)C)cc2)nn1C. The molecule has 4 heteroatoms. The fraction of sp³-hybridized carbons (Fsp3) is 0.429. The van der Waals surface area contributed by atoms with Crippen molar-refractivity contribution in [2.45, 2.75) is 19.9 Å². The molecule has 1 heterocycles. The third-order valence-electron chi connectivity index (χ3n) is 3.41. The van der Waals surface area contributed by atoms with Gasteiger partial charge in [-0.2, -0.15) is 5.10 Å². The highest BCUT2D eigenvalue weighted by Crippen LogP contribution is 2.21. The van der Waals surface area contributed by atoms with Crippen molar-refractivity contribution in [3.63, 3.8) is 0 Å². The molecule has 18 heavy (non-hydrogen) atoms. The Morgan fingerprint density at radius 3 is 2.22 bits per heavy atom. The average molecular weight is 244 g/mol. The predicted molar refractivity (Wildman–Crippen MR) is 73.3 cm³/mol. The quantitative estimate of drug-likeness (QED) is 0.831. The lowest BCUT2D eigenvalue weighted by atomic mass is 10.1. The Kier molecular flexibility index (Phi) is 3.48. The zero-order valence-corrected chi connectivity index (χ0v) is 11.7. The van der Waals surface area contributed by atoms with E-state index in [1.807, 2.05) is 14.0 Å². The van der Waals surface area contributed by atoms with E-state index in [1.54, 1.807) is 4.68 Å². The first-order valence-corrected chi connectivity index (χ1v) is 6.13. The van der Waals surface area contributed by atoms with Crippen LogP contribution in [0.1, 0.15) is 24.4 Å². The van der Waals surface area contributed by atoms with Crippen LogP contribution >= 0.6 is 0 Å².